The maximum absolute atomic E-state index is 11.0. The van der Waals surface area contributed by atoms with Gasteiger partial charge in [0.2, 0.25) is 5.91 Å². The van der Waals surface area contributed by atoms with Gasteiger partial charge >= 0.3 is 0 Å². The molecular formula is C8H19N5O. The number of amides is 1. The predicted octanol–water partition coefficient (Wildman–Crippen LogP) is -1.33. The molecule has 0 aliphatic heterocycles. The summed E-state index contributed by atoms with van der Waals surface area (Å²) in [7, 11) is 3.63. The molecule has 0 rings (SSSR count). The van der Waals surface area contributed by atoms with E-state index in [1.165, 1.54) is 0 Å². The lowest BCUT2D eigenvalue weighted by molar-refractivity contribution is -0.122. The first-order valence-corrected chi connectivity index (χ1v) is 4.48. The lowest BCUT2D eigenvalue weighted by Gasteiger charge is -2.20. The van der Waals surface area contributed by atoms with E-state index in [2.05, 4.69) is 5.32 Å². The van der Waals surface area contributed by atoms with Crippen molar-refractivity contribution in [1.82, 2.24) is 10.2 Å². The molecule has 0 saturated heterocycles. The lowest BCUT2D eigenvalue weighted by atomic mass is 10.1. The van der Waals surface area contributed by atoms with Gasteiger partial charge in [-0.2, -0.15) is 0 Å². The molecule has 0 aliphatic carbocycles. The number of rotatable bonds is 6. The molecule has 82 valence electrons. The van der Waals surface area contributed by atoms with Crippen LogP contribution in [-0.4, -0.2) is 43.4 Å². The third kappa shape index (κ3) is 5.36. The van der Waals surface area contributed by atoms with Gasteiger partial charge < -0.3 is 16.8 Å². The largest absolute Gasteiger partial charge is 0.370 e. The SMILES string of the molecule is CN(C)C(CCCNC(=N)N)C(N)=O. The zero-order valence-electron chi connectivity index (χ0n) is 8.71. The zero-order chi connectivity index (χ0) is 11.1. The molecule has 0 fully saturated rings. The van der Waals surface area contributed by atoms with E-state index in [9.17, 15) is 4.79 Å². The summed E-state index contributed by atoms with van der Waals surface area (Å²) in [4.78, 5) is 12.8. The van der Waals surface area contributed by atoms with Gasteiger partial charge in [0.15, 0.2) is 5.96 Å². The Morgan fingerprint density at radius 2 is 2.07 bits per heavy atom. The summed E-state index contributed by atoms with van der Waals surface area (Å²) in [5.41, 5.74) is 10.3. The van der Waals surface area contributed by atoms with Crippen LogP contribution in [0.4, 0.5) is 0 Å². The second kappa shape index (κ2) is 6.20. The van der Waals surface area contributed by atoms with E-state index in [-0.39, 0.29) is 17.9 Å². The molecule has 1 unspecified atom stereocenters. The summed E-state index contributed by atoms with van der Waals surface area (Å²) in [5, 5.41) is 9.58. The van der Waals surface area contributed by atoms with Crippen LogP contribution in [-0.2, 0) is 4.79 Å². The fourth-order valence-corrected chi connectivity index (χ4v) is 1.17. The van der Waals surface area contributed by atoms with Crippen LogP contribution in [0.3, 0.4) is 0 Å². The summed E-state index contributed by atoms with van der Waals surface area (Å²) in [6.45, 7) is 0.590. The summed E-state index contributed by atoms with van der Waals surface area (Å²) in [5.74, 6) is -0.372. The van der Waals surface area contributed by atoms with Crippen LogP contribution in [0, 0.1) is 5.41 Å². The number of carbonyl (C=O) groups excluding carboxylic acids is 1. The lowest BCUT2D eigenvalue weighted by Crippen LogP contribution is -2.41. The quantitative estimate of drug-likeness (QED) is 0.242. The van der Waals surface area contributed by atoms with Crippen molar-refractivity contribution in [2.75, 3.05) is 20.6 Å². The Morgan fingerprint density at radius 1 is 1.50 bits per heavy atom. The number of carbonyl (C=O) groups is 1. The minimum Gasteiger partial charge on any atom is -0.370 e. The third-order valence-electron chi connectivity index (χ3n) is 1.92. The van der Waals surface area contributed by atoms with Gasteiger partial charge in [0.05, 0.1) is 6.04 Å². The van der Waals surface area contributed by atoms with Gasteiger partial charge in [-0.3, -0.25) is 15.1 Å². The third-order valence-corrected chi connectivity index (χ3v) is 1.92. The van der Waals surface area contributed by atoms with E-state index in [0.29, 0.717) is 13.0 Å². The number of hydrogen-bond donors (Lipinski definition) is 4. The van der Waals surface area contributed by atoms with Crippen molar-refractivity contribution in [2.45, 2.75) is 18.9 Å². The highest BCUT2D eigenvalue weighted by molar-refractivity contribution is 5.79. The van der Waals surface area contributed by atoms with Gasteiger partial charge in [0.25, 0.3) is 0 Å². The van der Waals surface area contributed by atoms with E-state index in [4.69, 9.17) is 16.9 Å². The summed E-state index contributed by atoms with van der Waals surface area (Å²) < 4.78 is 0. The highest BCUT2D eigenvalue weighted by Crippen LogP contribution is 2.01. The van der Waals surface area contributed by atoms with Gasteiger partial charge in [0.1, 0.15) is 0 Å². The molecule has 1 atom stereocenters. The van der Waals surface area contributed by atoms with Crippen molar-refractivity contribution in [2.24, 2.45) is 11.5 Å². The molecule has 0 aromatic carbocycles. The predicted molar refractivity (Wildman–Crippen MR) is 55.8 cm³/mol. The minimum atomic E-state index is -0.321. The van der Waals surface area contributed by atoms with Gasteiger partial charge in [-0.25, -0.2) is 0 Å². The summed E-state index contributed by atoms with van der Waals surface area (Å²) in [6.07, 6.45) is 1.42. The number of guanidine groups is 1. The van der Waals surface area contributed by atoms with E-state index in [1.807, 2.05) is 14.1 Å². The first-order chi connectivity index (χ1) is 6.45. The van der Waals surface area contributed by atoms with Crippen LogP contribution in [0.2, 0.25) is 0 Å². The number of nitrogens with zero attached hydrogens (tertiary/aromatic N) is 1. The van der Waals surface area contributed by atoms with Crippen LogP contribution >= 0.6 is 0 Å². The van der Waals surface area contributed by atoms with Gasteiger partial charge in [-0.05, 0) is 26.9 Å². The number of hydrogen-bond acceptors (Lipinski definition) is 3. The fraction of sp³-hybridized carbons (Fsp3) is 0.750. The molecule has 6 heteroatoms. The normalized spacial score (nSPS) is 12.5. The van der Waals surface area contributed by atoms with Crippen molar-refractivity contribution in [3.63, 3.8) is 0 Å². The van der Waals surface area contributed by atoms with Crippen molar-refractivity contribution in [3.8, 4) is 0 Å². The van der Waals surface area contributed by atoms with Gasteiger partial charge in [-0.15, -0.1) is 0 Å². The molecule has 14 heavy (non-hydrogen) atoms. The van der Waals surface area contributed by atoms with Gasteiger partial charge in [-0.1, -0.05) is 0 Å². The molecule has 0 heterocycles. The van der Waals surface area contributed by atoms with Crippen molar-refractivity contribution in [1.29, 1.82) is 5.41 Å². The second-order valence-electron chi connectivity index (χ2n) is 3.36. The smallest absolute Gasteiger partial charge is 0.234 e. The maximum Gasteiger partial charge on any atom is 0.234 e. The molecule has 6 nitrogen and oxygen atoms in total. The standard InChI is InChI=1S/C8H19N5O/c1-13(2)6(7(9)14)4-3-5-12-8(10)11/h6H,3-5H2,1-2H3,(H2,9,14)(H4,10,11,12). The van der Waals surface area contributed by atoms with E-state index in [0.717, 1.165) is 6.42 Å². The van der Waals surface area contributed by atoms with Crippen LogP contribution in [0.1, 0.15) is 12.8 Å². The Hall–Kier alpha value is -1.30. The zero-order valence-corrected chi connectivity index (χ0v) is 8.71. The average molecular weight is 201 g/mol. The van der Waals surface area contributed by atoms with E-state index < -0.39 is 0 Å². The summed E-state index contributed by atoms with van der Waals surface area (Å²) in [6, 6.07) is -0.247. The van der Waals surface area contributed by atoms with E-state index in [1.54, 1.807) is 4.90 Å². The maximum atomic E-state index is 11.0. The molecule has 0 saturated carbocycles. The molecule has 0 spiro atoms. The minimum absolute atomic E-state index is 0.0505. The van der Waals surface area contributed by atoms with Crippen molar-refractivity contribution in [3.05, 3.63) is 0 Å². The molecule has 6 N–H and O–H groups in total. The van der Waals surface area contributed by atoms with Crippen molar-refractivity contribution < 1.29 is 4.79 Å². The monoisotopic (exact) mass is 201 g/mol. The molecule has 0 aromatic rings. The molecule has 1 amide bonds. The Bertz CT molecular complexity index is 204. The van der Waals surface area contributed by atoms with Crippen LogP contribution in [0.25, 0.3) is 0 Å². The van der Waals surface area contributed by atoms with Crippen LogP contribution < -0.4 is 16.8 Å². The molecule has 0 bridgehead atoms. The highest BCUT2D eigenvalue weighted by Gasteiger charge is 2.16. The number of nitrogens with one attached hydrogen (secondary N) is 2. The van der Waals surface area contributed by atoms with Crippen molar-refractivity contribution >= 4 is 11.9 Å². The Morgan fingerprint density at radius 3 is 2.43 bits per heavy atom. The first-order valence-electron chi connectivity index (χ1n) is 4.48. The van der Waals surface area contributed by atoms with E-state index >= 15 is 0 Å². The molecule has 0 aliphatic rings. The second-order valence-corrected chi connectivity index (χ2v) is 3.36. The molecule has 0 radical (unpaired) electrons. The first kappa shape index (κ1) is 12.7. The topological polar surface area (TPSA) is 108 Å². The van der Waals surface area contributed by atoms with Gasteiger partial charge in [0, 0.05) is 6.54 Å². The number of nitrogens with two attached hydrogens (primary N) is 2. The Labute approximate surface area is 84.1 Å². The fourth-order valence-electron chi connectivity index (χ4n) is 1.17. The average Bonchev–Trinajstić information content (AvgIpc) is 2.01. The molecular weight excluding hydrogens is 182 g/mol. The molecule has 0 aromatic heterocycles. The number of likely N-dealkylation sites (N-methyl/N-ethyl adjacent to an activating group) is 1. The Kier molecular flexibility index (Phi) is 5.62. The van der Waals surface area contributed by atoms with Crippen LogP contribution in [0.5, 0.6) is 0 Å². The van der Waals surface area contributed by atoms with Crippen LogP contribution in [0.15, 0.2) is 0 Å². The summed E-state index contributed by atoms with van der Waals surface area (Å²) >= 11 is 0. The highest BCUT2D eigenvalue weighted by atomic mass is 16.1. The Balaban J connectivity index is 3.73. The number of primary amides is 1.